The van der Waals surface area contributed by atoms with Crippen LogP contribution in [0.2, 0.25) is 0 Å². The predicted molar refractivity (Wildman–Crippen MR) is 89.5 cm³/mol. The van der Waals surface area contributed by atoms with Crippen molar-refractivity contribution in [2.45, 2.75) is 50.1 Å². The highest BCUT2D eigenvalue weighted by molar-refractivity contribution is 7.90. The first-order valence-electron chi connectivity index (χ1n) is 7.99. The number of ether oxygens (including phenoxy) is 1. The van der Waals surface area contributed by atoms with E-state index in [1.807, 2.05) is 13.8 Å². The summed E-state index contributed by atoms with van der Waals surface area (Å²) >= 11 is 0. The number of rotatable bonds is 4. The van der Waals surface area contributed by atoms with Crippen molar-refractivity contribution < 1.29 is 22.7 Å². The second kappa shape index (κ2) is 7.34. The Balaban J connectivity index is 2.07. The fraction of sp³-hybridized carbons (Fsp3) is 0.529. The van der Waals surface area contributed by atoms with Crippen molar-refractivity contribution >= 4 is 21.7 Å². The largest absolute Gasteiger partial charge is 0.452 e. The van der Waals surface area contributed by atoms with Gasteiger partial charge in [-0.05, 0) is 45.2 Å². The van der Waals surface area contributed by atoms with E-state index in [-0.39, 0.29) is 35.1 Å². The highest BCUT2D eigenvalue weighted by Crippen LogP contribution is 2.23. The van der Waals surface area contributed by atoms with Crippen LogP contribution in [-0.4, -0.2) is 50.1 Å². The standard InChI is InChI=1S/C17H23NO5S/c1-12-7-6-8-13(2)18(12)16(19)11-23-17(20)14-9-4-5-10-15(14)24(3,21)22/h4-5,9-10,12-13H,6-8,11H2,1-3H3/t12-,13+. The van der Waals surface area contributed by atoms with Crippen molar-refractivity contribution in [3.05, 3.63) is 29.8 Å². The average Bonchev–Trinajstić information content (AvgIpc) is 2.51. The van der Waals surface area contributed by atoms with E-state index in [0.29, 0.717) is 0 Å². The SMILES string of the molecule is C[C@@H]1CCC[C@H](C)N1C(=O)COC(=O)c1ccccc1S(C)(=O)=O. The number of benzene rings is 1. The molecule has 0 radical (unpaired) electrons. The summed E-state index contributed by atoms with van der Waals surface area (Å²) in [5, 5.41) is 0. The minimum Gasteiger partial charge on any atom is -0.452 e. The fourth-order valence-corrected chi connectivity index (χ4v) is 4.03. The summed E-state index contributed by atoms with van der Waals surface area (Å²) in [4.78, 5) is 26.2. The maximum absolute atomic E-state index is 12.4. The van der Waals surface area contributed by atoms with Crippen LogP contribution in [0, 0.1) is 0 Å². The molecule has 0 bridgehead atoms. The summed E-state index contributed by atoms with van der Waals surface area (Å²) in [6, 6.07) is 6.06. The van der Waals surface area contributed by atoms with Gasteiger partial charge in [0.25, 0.3) is 5.91 Å². The summed E-state index contributed by atoms with van der Waals surface area (Å²) < 4.78 is 28.6. The number of amides is 1. The number of sulfone groups is 1. The number of carbonyl (C=O) groups excluding carboxylic acids is 2. The Morgan fingerprint density at radius 1 is 1.17 bits per heavy atom. The van der Waals surface area contributed by atoms with Gasteiger partial charge < -0.3 is 9.64 Å². The first kappa shape index (κ1) is 18.4. The van der Waals surface area contributed by atoms with Gasteiger partial charge in [-0.15, -0.1) is 0 Å². The lowest BCUT2D eigenvalue weighted by Crippen LogP contribution is -2.49. The second-order valence-corrected chi connectivity index (χ2v) is 8.26. The van der Waals surface area contributed by atoms with Crippen molar-refractivity contribution in [1.29, 1.82) is 0 Å². The summed E-state index contributed by atoms with van der Waals surface area (Å²) in [5.74, 6) is -1.05. The summed E-state index contributed by atoms with van der Waals surface area (Å²) in [7, 11) is -3.55. The van der Waals surface area contributed by atoms with Gasteiger partial charge >= 0.3 is 5.97 Å². The molecule has 1 aliphatic rings. The number of carbonyl (C=O) groups is 2. The van der Waals surface area contributed by atoms with Gasteiger partial charge in [0.1, 0.15) is 0 Å². The first-order valence-corrected chi connectivity index (χ1v) is 9.88. The van der Waals surface area contributed by atoms with Gasteiger partial charge in [-0.25, -0.2) is 13.2 Å². The molecule has 2 atom stereocenters. The zero-order chi connectivity index (χ0) is 17.9. The van der Waals surface area contributed by atoms with Gasteiger partial charge in [-0.3, -0.25) is 4.79 Å². The Kier molecular flexibility index (Phi) is 5.64. The molecule has 0 spiro atoms. The van der Waals surface area contributed by atoms with E-state index in [4.69, 9.17) is 4.74 Å². The number of piperidine rings is 1. The molecule has 2 rings (SSSR count). The normalized spacial score (nSPS) is 21.4. The highest BCUT2D eigenvalue weighted by Gasteiger charge is 2.29. The van der Waals surface area contributed by atoms with E-state index in [9.17, 15) is 18.0 Å². The Morgan fingerprint density at radius 2 is 1.75 bits per heavy atom. The van der Waals surface area contributed by atoms with Crippen LogP contribution in [0.4, 0.5) is 0 Å². The number of likely N-dealkylation sites (tertiary alicyclic amines) is 1. The minimum absolute atomic E-state index is 0.0486. The smallest absolute Gasteiger partial charge is 0.339 e. The van der Waals surface area contributed by atoms with Crippen LogP contribution in [0.25, 0.3) is 0 Å². The minimum atomic E-state index is -3.55. The van der Waals surface area contributed by atoms with E-state index in [1.165, 1.54) is 18.2 Å². The molecule has 1 amide bonds. The van der Waals surface area contributed by atoms with Crippen LogP contribution in [0.1, 0.15) is 43.5 Å². The van der Waals surface area contributed by atoms with E-state index >= 15 is 0 Å². The van der Waals surface area contributed by atoms with Crippen LogP contribution in [-0.2, 0) is 19.4 Å². The third-order valence-electron chi connectivity index (χ3n) is 4.31. The molecular weight excluding hydrogens is 330 g/mol. The molecule has 0 aliphatic carbocycles. The molecule has 1 aliphatic heterocycles. The molecular formula is C17H23NO5S. The lowest BCUT2D eigenvalue weighted by atomic mass is 9.97. The maximum Gasteiger partial charge on any atom is 0.339 e. The maximum atomic E-state index is 12.4. The van der Waals surface area contributed by atoms with Crippen molar-refractivity contribution in [3.8, 4) is 0 Å². The lowest BCUT2D eigenvalue weighted by Gasteiger charge is -2.38. The van der Waals surface area contributed by atoms with Crippen molar-refractivity contribution in [3.63, 3.8) is 0 Å². The third kappa shape index (κ3) is 4.14. The third-order valence-corrected chi connectivity index (χ3v) is 5.47. The molecule has 0 aromatic heterocycles. The van der Waals surface area contributed by atoms with Crippen LogP contribution in [0.3, 0.4) is 0 Å². The van der Waals surface area contributed by atoms with E-state index < -0.39 is 15.8 Å². The summed E-state index contributed by atoms with van der Waals surface area (Å²) in [6.45, 7) is 3.58. The van der Waals surface area contributed by atoms with Crippen LogP contribution in [0.5, 0.6) is 0 Å². The topological polar surface area (TPSA) is 80.8 Å². The van der Waals surface area contributed by atoms with Gasteiger partial charge in [-0.2, -0.15) is 0 Å². The number of nitrogens with zero attached hydrogens (tertiary/aromatic N) is 1. The molecule has 1 aromatic rings. The zero-order valence-corrected chi connectivity index (χ0v) is 15.0. The van der Waals surface area contributed by atoms with Gasteiger partial charge in [0.2, 0.25) is 0 Å². The molecule has 1 aromatic carbocycles. The molecule has 6 nitrogen and oxygen atoms in total. The molecule has 1 saturated heterocycles. The molecule has 132 valence electrons. The Morgan fingerprint density at radius 3 is 2.33 bits per heavy atom. The molecule has 0 saturated carbocycles. The van der Waals surface area contributed by atoms with E-state index in [0.717, 1.165) is 25.5 Å². The van der Waals surface area contributed by atoms with Crippen LogP contribution in [0.15, 0.2) is 29.2 Å². The first-order chi connectivity index (χ1) is 11.2. The van der Waals surface area contributed by atoms with Crippen LogP contribution >= 0.6 is 0 Å². The van der Waals surface area contributed by atoms with Gasteiger partial charge in [-0.1, -0.05) is 12.1 Å². The Bertz CT molecular complexity index is 718. The molecule has 1 heterocycles. The molecule has 0 N–H and O–H groups in total. The summed E-state index contributed by atoms with van der Waals surface area (Å²) in [5.41, 5.74) is -0.0486. The van der Waals surface area contributed by atoms with Crippen molar-refractivity contribution in [2.24, 2.45) is 0 Å². The average molecular weight is 353 g/mol. The molecule has 1 fully saturated rings. The molecule has 7 heteroatoms. The number of esters is 1. The predicted octanol–water partition coefficient (Wildman–Crippen LogP) is 2.04. The fourth-order valence-electron chi connectivity index (χ4n) is 3.15. The highest BCUT2D eigenvalue weighted by atomic mass is 32.2. The monoisotopic (exact) mass is 353 g/mol. The molecule has 0 unspecified atom stereocenters. The Labute approximate surface area is 142 Å². The van der Waals surface area contributed by atoms with Crippen molar-refractivity contribution in [2.75, 3.05) is 12.9 Å². The van der Waals surface area contributed by atoms with E-state index in [1.54, 1.807) is 11.0 Å². The van der Waals surface area contributed by atoms with Gasteiger partial charge in [0.05, 0.1) is 10.5 Å². The van der Waals surface area contributed by atoms with Gasteiger partial charge in [0, 0.05) is 18.3 Å². The number of hydrogen-bond donors (Lipinski definition) is 0. The van der Waals surface area contributed by atoms with Gasteiger partial charge in [0.15, 0.2) is 16.4 Å². The van der Waals surface area contributed by atoms with Crippen molar-refractivity contribution in [1.82, 2.24) is 4.90 Å². The molecule has 24 heavy (non-hydrogen) atoms. The van der Waals surface area contributed by atoms with Crippen LogP contribution < -0.4 is 0 Å². The lowest BCUT2D eigenvalue weighted by molar-refractivity contribution is -0.140. The zero-order valence-electron chi connectivity index (χ0n) is 14.2. The summed E-state index contributed by atoms with van der Waals surface area (Å²) in [6.07, 6.45) is 3.97. The number of hydrogen-bond acceptors (Lipinski definition) is 5. The second-order valence-electron chi connectivity index (χ2n) is 6.27. The Hall–Kier alpha value is -1.89. The quantitative estimate of drug-likeness (QED) is 0.774. The van der Waals surface area contributed by atoms with E-state index in [2.05, 4.69) is 0 Å².